The molecule has 1 aliphatic rings. The van der Waals surface area contributed by atoms with Gasteiger partial charge in [-0.3, -0.25) is 0 Å². The second kappa shape index (κ2) is 3.59. The second-order valence-electron chi connectivity index (χ2n) is 4.31. The molecule has 2 rings (SSSR count). The van der Waals surface area contributed by atoms with E-state index in [1.807, 2.05) is 11.8 Å². The largest absolute Gasteiger partial charge is 0.312 e. The van der Waals surface area contributed by atoms with Crippen LogP contribution in [0.2, 0.25) is 0 Å². The van der Waals surface area contributed by atoms with E-state index in [4.69, 9.17) is 0 Å². The van der Waals surface area contributed by atoms with E-state index in [1.165, 1.54) is 11.1 Å². The highest BCUT2D eigenvalue weighted by atomic mass is 32.2. The van der Waals surface area contributed by atoms with Crippen molar-refractivity contribution in [3.05, 3.63) is 35.4 Å². The van der Waals surface area contributed by atoms with Gasteiger partial charge in [0, 0.05) is 16.5 Å². The number of hydrogen-bond donors (Lipinski definition) is 1. The van der Waals surface area contributed by atoms with Gasteiger partial charge in [0.15, 0.2) is 0 Å². The minimum absolute atomic E-state index is 0.295. The highest BCUT2D eigenvalue weighted by molar-refractivity contribution is 7.99. The third kappa shape index (κ3) is 1.57. The first-order valence-corrected chi connectivity index (χ1v) is 6.03. The molecule has 0 aromatic heterocycles. The SMILES string of the molecule is CNC1c2ccccc2CSC1(C)C. The molecule has 2 heteroatoms. The topological polar surface area (TPSA) is 12.0 Å². The standard InChI is InChI=1S/C12H17NS/c1-12(2)11(13-3)10-7-5-4-6-9(10)8-14-12/h4-7,11,13H,8H2,1-3H3. The summed E-state index contributed by atoms with van der Waals surface area (Å²) in [4.78, 5) is 0. The maximum Gasteiger partial charge on any atom is 0.0464 e. The summed E-state index contributed by atoms with van der Waals surface area (Å²) in [5.74, 6) is 1.14. The zero-order chi connectivity index (χ0) is 10.2. The van der Waals surface area contributed by atoms with Crippen molar-refractivity contribution in [2.75, 3.05) is 7.05 Å². The van der Waals surface area contributed by atoms with Gasteiger partial charge in [-0.05, 0) is 32.0 Å². The average molecular weight is 207 g/mol. The van der Waals surface area contributed by atoms with Crippen LogP contribution in [0.3, 0.4) is 0 Å². The minimum atomic E-state index is 0.295. The van der Waals surface area contributed by atoms with Crippen LogP contribution in [0, 0.1) is 0 Å². The quantitative estimate of drug-likeness (QED) is 0.760. The monoisotopic (exact) mass is 207 g/mol. The van der Waals surface area contributed by atoms with Crippen LogP contribution in [0.5, 0.6) is 0 Å². The molecule has 0 saturated heterocycles. The zero-order valence-corrected chi connectivity index (χ0v) is 9.82. The van der Waals surface area contributed by atoms with Gasteiger partial charge in [-0.2, -0.15) is 0 Å². The van der Waals surface area contributed by atoms with Crippen LogP contribution >= 0.6 is 11.8 Å². The summed E-state index contributed by atoms with van der Waals surface area (Å²) >= 11 is 2.03. The normalized spacial score (nSPS) is 24.4. The van der Waals surface area contributed by atoms with Gasteiger partial charge in [0.05, 0.1) is 0 Å². The molecule has 1 aromatic carbocycles. The second-order valence-corrected chi connectivity index (χ2v) is 5.94. The third-order valence-electron chi connectivity index (χ3n) is 2.95. The lowest BCUT2D eigenvalue weighted by Crippen LogP contribution is -2.38. The molecule has 0 amide bonds. The Kier molecular flexibility index (Phi) is 2.58. The molecule has 1 unspecified atom stereocenters. The summed E-state index contributed by atoms with van der Waals surface area (Å²) in [6.07, 6.45) is 0. The van der Waals surface area contributed by atoms with Crippen molar-refractivity contribution in [2.24, 2.45) is 0 Å². The van der Waals surface area contributed by atoms with Crippen molar-refractivity contribution in [1.29, 1.82) is 0 Å². The Hall–Kier alpha value is -0.470. The first kappa shape index (κ1) is 10.1. The molecule has 1 atom stereocenters. The highest BCUT2D eigenvalue weighted by Gasteiger charge is 2.35. The average Bonchev–Trinajstić information content (AvgIpc) is 2.17. The van der Waals surface area contributed by atoms with Gasteiger partial charge in [0.2, 0.25) is 0 Å². The Morgan fingerprint density at radius 1 is 1.36 bits per heavy atom. The van der Waals surface area contributed by atoms with Crippen LogP contribution in [-0.2, 0) is 5.75 Å². The fraction of sp³-hybridized carbons (Fsp3) is 0.500. The summed E-state index contributed by atoms with van der Waals surface area (Å²) in [7, 11) is 2.05. The van der Waals surface area contributed by atoms with E-state index < -0.39 is 0 Å². The number of benzene rings is 1. The Bertz CT molecular complexity index is 333. The van der Waals surface area contributed by atoms with E-state index in [1.54, 1.807) is 0 Å². The molecule has 0 radical (unpaired) electrons. The van der Waals surface area contributed by atoms with Crippen LogP contribution in [-0.4, -0.2) is 11.8 Å². The van der Waals surface area contributed by atoms with Crippen LogP contribution in [0.25, 0.3) is 0 Å². The number of rotatable bonds is 1. The molecule has 76 valence electrons. The van der Waals surface area contributed by atoms with E-state index in [0.717, 1.165) is 5.75 Å². The third-order valence-corrected chi connectivity index (χ3v) is 4.38. The highest BCUT2D eigenvalue weighted by Crippen LogP contribution is 2.44. The number of nitrogens with one attached hydrogen (secondary N) is 1. The van der Waals surface area contributed by atoms with Gasteiger partial charge in [0.25, 0.3) is 0 Å². The summed E-state index contributed by atoms with van der Waals surface area (Å²) in [6.45, 7) is 4.63. The lowest BCUT2D eigenvalue weighted by molar-refractivity contribution is 0.474. The lowest BCUT2D eigenvalue weighted by Gasteiger charge is -2.39. The fourth-order valence-corrected chi connectivity index (χ4v) is 3.37. The molecule has 0 bridgehead atoms. The Morgan fingerprint density at radius 3 is 2.79 bits per heavy atom. The molecule has 1 aromatic rings. The molecule has 0 saturated carbocycles. The molecule has 0 fully saturated rings. The van der Waals surface area contributed by atoms with Crippen molar-refractivity contribution in [3.63, 3.8) is 0 Å². The van der Waals surface area contributed by atoms with Gasteiger partial charge in [-0.25, -0.2) is 0 Å². The van der Waals surface area contributed by atoms with E-state index in [-0.39, 0.29) is 0 Å². The first-order valence-electron chi connectivity index (χ1n) is 5.04. The fourth-order valence-electron chi connectivity index (χ4n) is 2.17. The predicted octanol–water partition coefficient (Wildman–Crippen LogP) is 2.97. The molecule has 1 nitrogen and oxygen atoms in total. The van der Waals surface area contributed by atoms with E-state index in [2.05, 4.69) is 50.5 Å². The molecule has 1 N–H and O–H groups in total. The predicted molar refractivity (Wildman–Crippen MR) is 63.6 cm³/mol. The van der Waals surface area contributed by atoms with Crippen molar-refractivity contribution in [2.45, 2.75) is 30.4 Å². The molecular formula is C12H17NS. The Labute approximate surface area is 90.3 Å². The van der Waals surface area contributed by atoms with Gasteiger partial charge in [0.1, 0.15) is 0 Å². The van der Waals surface area contributed by atoms with Crippen molar-refractivity contribution in [3.8, 4) is 0 Å². The van der Waals surface area contributed by atoms with Crippen molar-refractivity contribution < 1.29 is 0 Å². The lowest BCUT2D eigenvalue weighted by atomic mass is 9.91. The van der Waals surface area contributed by atoms with Crippen molar-refractivity contribution in [1.82, 2.24) is 5.32 Å². The zero-order valence-electron chi connectivity index (χ0n) is 9.00. The van der Waals surface area contributed by atoms with Gasteiger partial charge < -0.3 is 5.32 Å². The van der Waals surface area contributed by atoms with Crippen LogP contribution in [0.15, 0.2) is 24.3 Å². The van der Waals surface area contributed by atoms with Crippen LogP contribution in [0.1, 0.15) is 31.0 Å². The summed E-state index contributed by atoms with van der Waals surface area (Å²) in [5, 5.41) is 3.43. The van der Waals surface area contributed by atoms with E-state index in [0.29, 0.717) is 10.8 Å². The maximum absolute atomic E-state index is 3.43. The first-order chi connectivity index (χ1) is 6.65. The van der Waals surface area contributed by atoms with E-state index >= 15 is 0 Å². The molecule has 1 aliphatic heterocycles. The molecule has 0 spiro atoms. The number of fused-ring (bicyclic) bond motifs is 1. The van der Waals surface area contributed by atoms with Gasteiger partial charge in [-0.1, -0.05) is 24.3 Å². The van der Waals surface area contributed by atoms with Crippen LogP contribution in [0.4, 0.5) is 0 Å². The number of thioether (sulfide) groups is 1. The van der Waals surface area contributed by atoms with Crippen LogP contribution < -0.4 is 5.32 Å². The smallest absolute Gasteiger partial charge is 0.0464 e. The maximum atomic E-state index is 3.43. The molecule has 0 aliphatic carbocycles. The summed E-state index contributed by atoms with van der Waals surface area (Å²) in [6, 6.07) is 9.22. The van der Waals surface area contributed by atoms with Crippen molar-refractivity contribution >= 4 is 11.8 Å². The summed E-state index contributed by atoms with van der Waals surface area (Å²) < 4.78 is 0.295. The van der Waals surface area contributed by atoms with Gasteiger partial charge in [-0.15, -0.1) is 11.8 Å². The van der Waals surface area contributed by atoms with Gasteiger partial charge >= 0.3 is 0 Å². The van der Waals surface area contributed by atoms with E-state index in [9.17, 15) is 0 Å². The number of hydrogen-bond acceptors (Lipinski definition) is 2. The summed E-state index contributed by atoms with van der Waals surface area (Å²) in [5.41, 5.74) is 2.95. The molecule has 14 heavy (non-hydrogen) atoms. The Morgan fingerprint density at radius 2 is 2.07 bits per heavy atom. The minimum Gasteiger partial charge on any atom is -0.312 e. The Balaban J connectivity index is 2.45. The molecular weight excluding hydrogens is 190 g/mol. The molecule has 1 heterocycles.